The first-order valence-electron chi connectivity index (χ1n) is 9.73. The molecular weight excluding hydrogens is 302 g/mol. The number of aryl methyl sites for hydroxylation is 2. The molecule has 6 heteroatoms. The van der Waals surface area contributed by atoms with Gasteiger partial charge in [-0.2, -0.15) is 5.10 Å². The van der Waals surface area contributed by atoms with E-state index in [1.807, 2.05) is 4.68 Å². The summed E-state index contributed by atoms with van der Waals surface area (Å²) >= 11 is 0. The average Bonchev–Trinajstić information content (AvgIpc) is 3.34. The van der Waals surface area contributed by atoms with E-state index in [0.717, 1.165) is 55.7 Å². The highest BCUT2D eigenvalue weighted by Gasteiger charge is 2.35. The first-order chi connectivity index (χ1) is 11.7. The Morgan fingerprint density at radius 3 is 2.79 bits per heavy atom. The summed E-state index contributed by atoms with van der Waals surface area (Å²) in [7, 11) is 0. The molecule has 0 unspecified atom stereocenters. The number of hydrogen-bond acceptors (Lipinski definition) is 3. The molecule has 2 N–H and O–H groups in total. The van der Waals surface area contributed by atoms with Crippen molar-refractivity contribution >= 4 is 6.03 Å². The zero-order valence-corrected chi connectivity index (χ0v) is 14.6. The normalized spacial score (nSPS) is 29.8. The van der Waals surface area contributed by atoms with E-state index in [0.29, 0.717) is 6.04 Å². The number of carbonyl (C=O) groups excluding carboxylic acids is 1. The highest BCUT2D eigenvalue weighted by atomic mass is 16.2. The molecule has 24 heavy (non-hydrogen) atoms. The zero-order chi connectivity index (χ0) is 16.5. The molecule has 2 saturated carbocycles. The highest BCUT2D eigenvalue weighted by molar-refractivity contribution is 5.74. The maximum atomic E-state index is 12.5. The van der Waals surface area contributed by atoms with Crippen LogP contribution in [0.1, 0.15) is 76.0 Å². The van der Waals surface area contributed by atoms with Crippen LogP contribution in [0.4, 0.5) is 4.79 Å². The van der Waals surface area contributed by atoms with E-state index in [2.05, 4.69) is 27.6 Å². The van der Waals surface area contributed by atoms with E-state index in [1.165, 1.54) is 32.1 Å². The van der Waals surface area contributed by atoms with Gasteiger partial charge in [0, 0.05) is 19.0 Å². The van der Waals surface area contributed by atoms with E-state index < -0.39 is 0 Å². The number of hydrogen-bond donors (Lipinski definition) is 2. The number of nitrogens with zero attached hydrogens (tertiary/aromatic N) is 3. The molecule has 0 radical (unpaired) electrons. The Kier molecular flexibility index (Phi) is 4.46. The van der Waals surface area contributed by atoms with Gasteiger partial charge in [-0.05, 0) is 50.4 Å². The van der Waals surface area contributed by atoms with E-state index in [9.17, 15) is 4.79 Å². The van der Waals surface area contributed by atoms with Gasteiger partial charge in [-0.3, -0.25) is 0 Å². The molecule has 2 aliphatic carbocycles. The fraction of sp³-hybridized carbons (Fsp3) is 0.833. The first-order valence-corrected chi connectivity index (χ1v) is 9.73. The topological polar surface area (TPSA) is 71.8 Å². The van der Waals surface area contributed by atoms with E-state index in [4.69, 9.17) is 0 Å². The minimum atomic E-state index is -0.0315. The lowest BCUT2D eigenvalue weighted by molar-refractivity contribution is 0.214. The van der Waals surface area contributed by atoms with E-state index >= 15 is 0 Å². The zero-order valence-electron chi connectivity index (χ0n) is 14.6. The van der Waals surface area contributed by atoms with Gasteiger partial charge in [-0.15, -0.1) is 0 Å². The van der Waals surface area contributed by atoms with Gasteiger partial charge in [0.1, 0.15) is 5.82 Å². The second-order valence-corrected chi connectivity index (χ2v) is 7.74. The molecule has 0 aromatic carbocycles. The molecule has 6 nitrogen and oxygen atoms in total. The number of urea groups is 1. The molecule has 1 aromatic rings. The van der Waals surface area contributed by atoms with Crippen molar-refractivity contribution in [2.24, 2.45) is 11.8 Å². The number of fused-ring (bicyclic) bond motifs is 1. The Labute approximate surface area is 143 Å². The molecule has 1 aliphatic heterocycles. The molecule has 3 atom stereocenters. The van der Waals surface area contributed by atoms with E-state index in [-0.39, 0.29) is 12.1 Å². The summed E-state index contributed by atoms with van der Waals surface area (Å²) < 4.78 is 1.97. The predicted octanol–water partition coefficient (Wildman–Crippen LogP) is 2.94. The van der Waals surface area contributed by atoms with Crippen LogP contribution in [-0.2, 0) is 13.0 Å². The van der Waals surface area contributed by atoms with Crippen LogP contribution in [0.25, 0.3) is 0 Å². The van der Waals surface area contributed by atoms with Crippen LogP contribution >= 0.6 is 0 Å². The van der Waals surface area contributed by atoms with Crippen LogP contribution in [0.5, 0.6) is 0 Å². The molecule has 2 fully saturated rings. The van der Waals surface area contributed by atoms with Crippen molar-refractivity contribution in [2.75, 3.05) is 0 Å². The summed E-state index contributed by atoms with van der Waals surface area (Å²) in [5.41, 5.74) is 0. The first kappa shape index (κ1) is 15.9. The van der Waals surface area contributed by atoms with Gasteiger partial charge in [0.15, 0.2) is 5.82 Å². The van der Waals surface area contributed by atoms with Crippen molar-refractivity contribution in [3.63, 3.8) is 0 Å². The molecule has 0 bridgehead atoms. The summed E-state index contributed by atoms with van der Waals surface area (Å²) in [5.74, 6) is 3.59. The third-order valence-corrected chi connectivity index (χ3v) is 5.88. The Morgan fingerprint density at radius 2 is 2.00 bits per heavy atom. The van der Waals surface area contributed by atoms with Gasteiger partial charge in [-0.25, -0.2) is 14.5 Å². The Hall–Kier alpha value is -1.59. The van der Waals surface area contributed by atoms with E-state index in [1.54, 1.807) is 0 Å². The van der Waals surface area contributed by atoms with Crippen LogP contribution in [0, 0.1) is 11.8 Å². The maximum Gasteiger partial charge on any atom is 0.315 e. The minimum absolute atomic E-state index is 0.00521. The van der Waals surface area contributed by atoms with Crippen molar-refractivity contribution in [1.82, 2.24) is 25.4 Å². The lowest BCUT2D eigenvalue weighted by atomic mass is 9.83. The fourth-order valence-corrected chi connectivity index (χ4v) is 4.43. The van der Waals surface area contributed by atoms with Crippen molar-refractivity contribution in [2.45, 2.75) is 83.3 Å². The van der Waals surface area contributed by atoms with Gasteiger partial charge in [0.05, 0.1) is 6.04 Å². The summed E-state index contributed by atoms with van der Waals surface area (Å²) in [4.78, 5) is 17.1. The minimum Gasteiger partial charge on any atom is -0.335 e. The second-order valence-electron chi connectivity index (χ2n) is 7.74. The number of nitrogens with one attached hydrogen (secondary N) is 2. The fourth-order valence-electron chi connectivity index (χ4n) is 4.43. The number of amides is 2. The monoisotopic (exact) mass is 331 g/mol. The highest BCUT2D eigenvalue weighted by Crippen LogP contribution is 2.43. The van der Waals surface area contributed by atoms with Crippen LogP contribution in [0.15, 0.2) is 0 Å². The van der Waals surface area contributed by atoms with Gasteiger partial charge in [0.25, 0.3) is 0 Å². The molecule has 132 valence electrons. The second kappa shape index (κ2) is 6.73. The molecular formula is C18H29N5O. The number of aromatic nitrogens is 3. The Morgan fingerprint density at radius 1 is 1.12 bits per heavy atom. The van der Waals surface area contributed by atoms with Crippen molar-refractivity contribution in [3.8, 4) is 0 Å². The summed E-state index contributed by atoms with van der Waals surface area (Å²) in [5, 5.41) is 10.9. The smallest absolute Gasteiger partial charge is 0.315 e. The third kappa shape index (κ3) is 3.42. The average molecular weight is 331 g/mol. The van der Waals surface area contributed by atoms with Gasteiger partial charge < -0.3 is 10.6 Å². The Balaban J connectivity index is 1.34. The molecule has 2 amide bonds. The van der Waals surface area contributed by atoms with Gasteiger partial charge in [0.2, 0.25) is 0 Å². The van der Waals surface area contributed by atoms with Crippen LogP contribution < -0.4 is 10.6 Å². The molecule has 1 aromatic heterocycles. The molecule has 2 heterocycles. The SMILES string of the molecule is CCc1nc2n(n1)CCC[C@@H]2NC(=O)N[C@H]1CCC[C@@H](C2CC2)C1. The summed E-state index contributed by atoms with van der Waals surface area (Å²) in [6.07, 6.45) is 10.5. The van der Waals surface area contributed by atoms with Crippen molar-refractivity contribution in [1.29, 1.82) is 0 Å². The third-order valence-electron chi connectivity index (χ3n) is 5.88. The molecule has 3 aliphatic rings. The molecule has 0 spiro atoms. The van der Waals surface area contributed by atoms with Gasteiger partial charge >= 0.3 is 6.03 Å². The lowest BCUT2D eigenvalue weighted by Gasteiger charge is -2.31. The predicted molar refractivity (Wildman–Crippen MR) is 91.5 cm³/mol. The van der Waals surface area contributed by atoms with Crippen LogP contribution in [-0.4, -0.2) is 26.8 Å². The van der Waals surface area contributed by atoms with Crippen LogP contribution in [0.3, 0.4) is 0 Å². The standard InChI is InChI=1S/C18H29N5O/c1-2-16-21-17-15(7-4-10-23(17)22-16)20-18(24)19-14-6-3-5-13(11-14)12-8-9-12/h12-15H,2-11H2,1H3,(H2,19,20,24)/t13-,14+,15+/m1/s1. The maximum absolute atomic E-state index is 12.5. The lowest BCUT2D eigenvalue weighted by Crippen LogP contribution is -2.46. The quantitative estimate of drug-likeness (QED) is 0.891. The molecule has 4 rings (SSSR count). The van der Waals surface area contributed by atoms with Gasteiger partial charge in [-0.1, -0.05) is 19.8 Å². The number of rotatable bonds is 4. The van der Waals surface area contributed by atoms with Crippen molar-refractivity contribution < 1.29 is 4.79 Å². The summed E-state index contributed by atoms with van der Waals surface area (Å²) in [6.45, 7) is 2.98. The largest absolute Gasteiger partial charge is 0.335 e. The van der Waals surface area contributed by atoms with Crippen molar-refractivity contribution in [3.05, 3.63) is 11.6 Å². The number of carbonyl (C=O) groups is 1. The van der Waals surface area contributed by atoms with Crippen LogP contribution in [0.2, 0.25) is 0 Å². The summed E-state index contributed by atoms with van der Waals surface area (Å²) in [6, 6.07) is 0.308. The molecule has 0 saturated heterocycles. The Bertz CT molecular complexity index is 594.